The number of hydrogen-bond acceptors (Lipinski definition) is 11. The van der Waals surface area contributed by atoms with Crippen LogP contribution >= 0.6 is 0 Å². The highest BCUT2D eigenvalue weighted by Crippen LogP contribution is 2.26. The standard InChI is InChI=1S/C40H77NO12S/c1-3-5-7-9-11-13-15-16-17-18-19-21-23-25-27-29-34(44)39(47)41-32(33(43)28-26-24-22-20-14-12-10-8-6-4-2)31-51-40-37(46)38(53-54(48,49)50)36(45)35(30-42)52-40/h26,28,32-38,40,42-46H,3-25,27,29-31H2,1-2H3,(H,41,47)(H,48,49,50)/b28-26+. The number of nitrogens with one attached hydrogen (secondary N) is 1. The molecule has 0 bridgehead atoms. The Kier molecular flexibility index (Phi) is 30.0. The lowest BCUT2D eigenvalue weighted by Crippen LogP contribution is -2.61. The number of unbranched alkanes of at least 4 members (excludes halogenated alkanes) is 22. The van der Waals surface area contributed by atoms with Crippen molar-refractivity contribution in [2.45, 2.75) is 223 Å². The van der Waals surface area contributed by atoms with Gasteiger partial charge in [-0.3, -0.25) is 9.35 Å². The van der Waals surface area contributed by atoms with Crippen molar-refractivity contribution in [2.24, 2.45) is 0 Å². The van der Waals surface area contributed by atoms with Crippen LogP contribution < -0.4 is 5.32 Å². The third-order valence-electron chi connectivity index (χ3n) is 10.2. The molecule has 1 rings (SSSR count). The summed E-state index contributed by atoms with van der Waals surface area (Å²) < 4.78 is 47.3. The van der Waals surface area contributed by atoms with E-state index >= 15 is 0 Å². The van der Waals surface area contributed by atoms with E-state index in [4.69, 9.17) is 14.0 Å². The highest BCUT2D eigenvalue weighted by molar-refractivity contribution is 7.80. The van der Waals surface area contributed by atoms with E-state index in [1.807, 2.05) is 6.08 Å². The Morgan fingerprint density at radius 2 is 1.20 bits per heavy atom. The zero-order valence-electron chi connectivity index (χ0n) is 33.4. The van der Waals surface area contributed by atoms with E-state index in [1.54, 1.807) is 0 Å². The second-order valence-electron chi connectivity index (χ2n) is 15.1. The molecule has 54 heavy (non-hydrogen) atoms. The molecule has 0 aromatic heterocycles. The minimum Gasteiger partial charge on any atom is -0.394 e. The minimum absolute atomic E-state index is 0.247. The summed E-state index contributed by atoms with van der Waals surface area (Å²) >= 11 is 0. The van der Waals surface area contributed by atoms with Gasteiger partial charge < -0.3 is 40.3 Å². The Balaban J connectivity index is 2.61. The highest BCUT2D eigenvalue weighted by Gasteiger charge is 2.48. The lowest BCUT2D eigenvalue weighted by molar-refractivity contribution is -0.298. The molecule has 1 saturated heterocycles. The average Bonchev–Trinajstić information content (AvgIpc) is 3.14. The van der Waals surface area contributed by atoms with Gasteiger partial charge in [-0.25, -0.2) is 4.18 Å². The van der Waals surface area contributed by atoms with E-state index in [2.05, 4.69) is 23.3 Å². The number of amides is 1. The number of rotatable bonds is 35. The van der Waals surface area contributed by atoms with Gasteiger partial charge in [-0.2, -0.15) is 8.42 Å². The van der Waals surface area contributed by atoms with Crippen LogP contribution in [0.4, 0.5) is 0 Å². The summed E-state index contributed by atoms with van der Waals surface area (Å²) in [6.45, 7) is 3.17. The molecule has 14 heteroatoms. The number of allylic oxidation sites excluding steroid dienone is 1. The number of carbonyl (C=O) groups excluding carboxylic acids is 1. The van der Waals surface area contributed by atoms with E-state index in [9.17, 15) is 38.7 Å². The summed E-state index contributed by atoms with van der Waals surface area (Å²) in [6.07, 6.45) is 20.2. The van der Waals surface area contributed by atoms with E-state index in [0.29, 0.717) is 12.8 Å². The van der Waals surface area contributed by atoms with Crippen molar-refractivity contribution in [1.29, 1.82) is 0 Å². The van der Waals surface area contributed by atoms with Crippen LogP contribution in [0.25, 0.3) is 0 Å². The molecule has 0 aromatic rings. The Bertz CT molecular complexity index is 1050. The van der Waals surface area contributed by atoms with Crippen LogP contribution in [0.15, 0.2) is 12.2 Å². The first-order valence-corrected chi connectivity index (χ1v) is 22.5. The van der Waals surface area contributed by atoms with Gasteiger partial charge in [-0.15, -0.1) is 0 Å². The lowest BCUT2D eigenvalue weighted by atomic mass is 9.99. The van der Waals surface area contributed by atoms with Gasteiger partial charge in [0.25, 0.3) is 0 Å². The normalized spacial score (nSPS) is 22.4. The topological polar surface area (TPSA) is 212 Å². The second kappa shape index (κ2) is 31.8. The lowest BCUT2D eigenvalue weighted by Gasteiger charge is -2.41. The molecular formula is C40H77NO12S. The van der Waals surface area contributed by atoms with Gasteiger partial charge in [-0.1, -0.05) is 167 Å². The fourth-order valence-electron chi connectivity index (χ4n) is 6.75. The molecule has 13 nitrogen and oxygen atoms in total. The summed E-state index contributed by atoms with van der Waals surface area (Å²) in [5, 5.41) is 54.9. The molecule has 8 unspecified atom stereocenters. The van der Waals surface area contributed by atoms with Crippen molar-refractivity contribution in [2.75, 3.05) is 13.2 Å². The Labute approximate surface area is 326 Å². The minimum atomic E-state index is -5.11. The number of aliphatic hydroxyl groups is 5. The van der Waals surface area contributed by atoms with Gasteiger partial charge in [0.05, 0.1) is 25.4 Å². The predicted molar refractivity (Wildman–Crippen MR) is 210 cm³/mol. The third kappa shape index (κ3) is 24.4. The molecule has 0 radical (unpaired) electrons. The maximum Gasteiger partial charge on any atom is 0.397 e. The Morgan fingerprint density at radius 1 is 0.741 bits per heavy atom. The molecule has 0 saturated carbocycles. The van der Waals surface area contributed by atoms with E-state index < -0.39 is 78.5 Å². The molecular weight excluding hydrogens is 719 g/mol. The van der Waals surface area contributed by atoms with Crippen LogP contribution in [0.5, 0.6) is 0 Å². The first-order valence-electron chi connectivity index (χ1n) is 21.2. The van der Waals surface area contributed by atoms with Crippen molar-refractivity contribution >= 4 is 16.3 Å². The van der Waals surface area contributed by atoms with Gasteiger partial charge in [0.1, 0.15) is 30.5 Å². The van der Waals surface area contributed by atoms with Gasteiger partial charge in [0, 0.05) is 0 Å². The van der Waals surface area contributed by atoms with Crippen molar-refractivity contribution in [3.8, 4) is 0 Å². The second-order valence-corrected chi connectivity index (χ2v) is 16.1. The van der Waals surface area contributed by atoms with Crippen LogP contribution in [0.1, 0.15) is 174 Å². The van der Waals surface area contributed by atoms with Crippen molar-refractivity contribution in [3.05, 3.63) is 12.2 Å². The highest BCUT2D eigenvalue weighted by atomic mass is 32.3. The quantitative estimate of drug-likeness (QED) is 0.0218. The fraction of sp³-hybridized carbons (Fsp3) is 0.925. The van der Waals surface area contributed by atoms with Gasteiger partial charge >= 0.3 is 10.4 Å². The zero-order valence-corrected chi connectivity index (χ0v) is 34.2. The van der Waals surface area contributed by atoms with Crippen LogP contribution in [-0.2, 0) is 28.9 Å². The Hall–Kier alpha value is -1.20. The maximum atomic E-state index is 13.0. The molecule has 1 amide bonds. The zero-order chi connectivity index (χ0) is 40.0. The van der Waals surface area contributed by atoms with Crippen molar-refractivity contribution in [1.82, 2.24) is 5.32 Å². The first-order chi connectivity index (χ1) is 25.9. The van der Waals surface area contributed by atoms with Gasteiger partial charge in [-0.05, 0) is 19.3 Å². The monoisotopic (exact) mass is 796 g/mol. The SMILES string of the molecule is CCCCCCCCCC/C=C/C(O)C(COC1OC(CO)C(O)C(OS(=O)(=O)O)C1O)NC(=O)C(O)CCCCCCCCCCCCCCCCC. The smallest absolute Gasteiger partial charge is 0.394 e. The van der Waals surface area contributed by atoms with Crippen LogP contribution in [0.3, 0.4) is 0 Å². The van der Waals surface area contributed by atoms with Gasteiger partial charge in [0.15, 0.2) is 6.29 Å². The van der Waals surface area contributed by atoms with Crippen LogP contribution in [0, 0.1) is 0 Å². The Morgan fingerprint density at radius 3 is 1.67 bits per heavy atom. The van der Waals surface area contributed by atoms with Crippen molar-refractivity contribution < 1.29 is 57.0 Å². The molecule has 7 N–H and O–H groups in total. The predicted octanol–water partition coefficient (Wildman–Crippen LogP) is 6.19. The maximum absolute atomic E-state index is 13.0. The molecule has 0 aliphatic carbocycles. The van der Waals surface area contributed by atoms with Crippen molar-refractivity contribution in [3.63, 3.8) is 0 Å². The van der Waals surface area contributed by atoms with Crippen LogP contribution in [0.2, 0.25) is 0 Å². The summed E-state index contributed by atoms with van der Waals surface area (Å²) in [6, 6.07) is -1.11. The largest absolute Gasteiger partial charge is 0.397 e. The molecule has 1 aliphatic heterocycles. The molecule has 1 heterocycles. The average molecular weight is 796 g/mol. The number of ether oxygens (including phenoxy) is 2. The molecule has 1 fully saturated rings. The molecule has 320 valence electrons. The molecule has 0 aromatic carbocycles. The third-order valence-corrected chi connectivity index (χ3v) is 10.6. The molecule has 0 spiro atoms. The molecule has 1 aliphatic rings. The summed E-state index contributed by atoms with van der Waals surface area (Å²) in [7, 11) is -5.11. The number of carbonyl (C=O) groups is 1. The first kappa shape index (κ1) is 50.8. The number of hydrogen-bond donors (Lipinski definition) is 7. The summed E-state index contributed by atoms with van der Waals surface area (Å²) in [5.41, 5.74) is 0. The molecule has 8 atom stereocenters. The fourth-order valence-corrected chi connectivity index (χ4v) is 7.26. The van der Waals surface area contributed by atoms with E-state index in [1.165, 1.54) is 109 Å². The van der Waals surface area contributed by atoms with E-state index in [0.717, 1.165) is 38.5 Å². The summed E-state index contributed by atoms with van der Waals surface area (Å²) in [4.78, 5) is 13.0. The van der Waals surface area contributed by atoms with Crippen LogP contribution in [-0.4, -0.2) is 107 Å². The number of aliphatic hydroxyl groups excluding tert-OH is 5. The summed E-state index contributed by atoms with van der Waals surface area (Å²) in [5.74, 6) is -0.703. The van der Waals surface area contributed by atoms with Gasteiger partial charge in [0.2, 0.25) is 5.91 Å². The van der Waals surface area contributed by atoms with E-state index in [-0.39, 0.29) is 6.42 Å².